The van der Waals surface area contributed by atoms with E-state index in [0.717, 1.165) is 5.69 Å². The van der Waals surface area contributed by atoms with E-state index < -0.39 is 0 Å². The summed E-state index contributed by atoms with van der Waals surface area (Å²) in [5.41, 5.74) is 1.25. The van der Waals surface area contributed by atoms with E-state index in [1.807, 2.05) is 6.07 Å². The molecule has 1 amide bonds. The lowest BCUT2D eigenvalue weighted by molar-refractivity contribution is -0.114. The number of rotatable bonds is 4. The molecule has 0 fully saturated rings. The molecule has 2 rings (SSSR count). The number of halogens is 3. The molecular formula is C14H11Cl3N2O. The Labute approximate surface area is 131 Å². The molecule has 104 valence electrons. The fraction of sp³-hybridized carbons (Fsp3) is 0.0714. The van der Waals surface area contributed by atoms with E-state index in [1.165, 1.54) is 0 Å². The van der Waals surface area contributed by atoms with Gasteiger partial charge in [-0.1, -0.05) is 40.9 Å². The molecule has 6 heteroatoms. The highest BCUT2D eigenvalue weighted by molar-refractivity contribution is 6.35. The van der Waals surface area contributed by atoms with Crippen molar-refractivity contribution in [2.75, 3.05) is 17.2 Å². The number of hydrogen-bond donors (Lipinski definition) is 2. The highest BCUT2D eigenvalue weighted by atomic mass is 35.5. The first kappa shape index (κ1) is 15.0. The quantitative estimate of drug-likeness (QED) is 0.854. The van der Waals surface area contributed by atoms with E-state index >= 15 is 0 Å². The minimum Gasteiger partial charge on any atom is -0.376 e. The Morgan fingerprint density at radius 3 is 2.50 bits per heavy atom. The Bertz CT molecular complexity index is 632. The highest BCUT2D eigenvalue weighted by Crippen LogP contribution is 2.25. The number of carbonyl (C=O) groups excluding carboxylic acids is 1. The fourth-order valence-corrected chi connectivity index (χ4v) is 2.10. The predicted molar refractivity (Wildman–Crippen MR) is 85.0 cm³/mol. The standard InChI is InChI=1S/C14H11Cl3N2O/c15-9-2-1-3-11(6-9)18-8-14(20)19-13-7-10(16)4-5-12(13)17/h1-7,18H,8H2,(H,19,20). The Morgan fingerprint density at radius 2 is 1.75 bits per heavy atom. The smallest absolute Gasteiger partial charge is 0.243 e. The second-order valence-electron chi connectivity index (χ2n) is 4.04. The van der Waals surface area contributed by atoms with Gasteiger partial charge in [-0.3, -0.25) is 4.79 Å². The largest absolute Gasteiger partial charge is 0.376 e. The lowest BCUT2D eigenvalue weighted by Gasteiger charge is -2.09. The molecule has 0 aliphatic carbocycles. The van der Waals surface area contributed by atoms with E-state index in [9.17, 15) is 4.79 Å². The minimum atomic E-state index is -0.228. The van der Waals surface area contributed by atoms with Crippen LogP contribution in [0.15, 0.2) is 42.5 Å². The molecule has 2 aromatic carbocycles. The van der Waals surface area contributed by atoms with Crippen molar-refractivity contribution in [1.29, 1.82) is 0 Å². The molecule has 0 saturated carbocycles. The summed E-state index contributed by atoms with van der Waals surface area (Å²) in [6.07, 6.45) is 0. The minimum absolute atomic E-state index is 0.100. The third-order valence-electron chi connectivity index (χ3n) is 2.48. The van der Waals surface area contributed by atoms with Crippen molar-refractivity contribution in [1.82, 2.24) is 0 Å². The summed E-state index contributed by atoms with van der Waals surface area (Å²) in [5.74, 6) is -0.228. The van der Waals surface area contributed by atoms with Gasteiger partial charge < -0.3 is 10.6 Å². The van der Waals surface area contributed by atoms with Gasteiger partial charge in [0, 0.05) is 15.7 Å². The van der Waals surface area contributed by atoms with Crippen molar-refractivity contribution in [3.63, 3.8) is 0 Å². The van der Waals surface area contributed by atoms with E-state index in [-0.39, 0.29) is 12.5 Å². The molecule has 3 nitrogen and oxygen atoms in total. The maximum Gasteiger partial charge on any atom is 0.243 e. The highest BCUT2D eigenvalue weighted by Gasteiger charge is 2.06. The molecular weight excluding hydrogens is 319 g/mol. The molecule has 0 radical (unpaired) electrons. The van der Waals surface area contributed by atoms with Crippen LogP contribution in [0, 0.1) is 0 Å². The van der Waals surface area contributed by atoms with Gasteiger partial charge in [0.1, 0.15) is 0 Å². The molecule has 0 atom stereocenters. The summed E-state index contributed by atoms with van der Waals surface area (Å²) in [6, 6.07) is 12.0. The van der Waals surface area contributed by atoms with Crippen molar-refractivity contribution in [2.45, 2.75) is 0 Å². The van der Waals surface area contributed by atoms with Gasteiger partial charge in [-0.2, -0.15) is 0 Å². The van der Waals surface area contributed by atoms with Gasteiger partial charge in [0.15, 0.2) is 0 Å². The number of hydrogen-bond acceptors (Lipinski definition) is 2. The maximum absolute atomic E-state index is 11.8. The van der Waals surface area contributed by atoms with Gasteiger partial charge in [-0.25, -0.2) is 0 Å². The Balaban J connectivity index is 1.94. The van der Waals surface area contributed by atoms with Crippen molar-refractivity contribution < 1.29 is 4.79 Å². The lowest BCUT2D eigenvalue weighted by Crippen LogP contribution is -2.21. The SMILES string of the molecule is O=C(CNc1cccc(Cl)c1)Nc1cc(Cl)ccc1Cl. The monoisotopic (exact) mass is 328 g/mol. The average molecular weight is 330 g/mol. The summed E-state index contributed by atoms with van der Waals surface area (Å²) in [5, 5.41) is 7.20. The van der Waals surface area contributed by atoms with Crippen LogP contribution in [-0.2, 0) is 4.79 Å². The first-order valence-corrected chi connectivity index (χ1v) is 6.92. The van der Waals surface area contributed by atoms with Crippen LogP contribution in [0.5, 0.6) is 0 Å². The van der Waals surface area contributed by atoms with Crippen LogP contribution in [0.3, 0.4) is 0 Å². The summed E-state index contributed by atoms with van der Waals surface area (Å²) in [6.45, 7) is 0.100. The second-order valence-corrected chi connectivity index (χ2v) is 5.32. The molecule has 2 aromatic rings. The third-order valence-corrected chi connectivity index (χ3v) is 3.28. The molecule has 20 heavy (non-hydrogen) atoms. The second kappa shape index (κ2) is 6.84. The number of anilines is 2. The zero-order valence-corrected chi connectivity index (χ0v) is 12.6. The zero-order valence-electron chi connectivity index (χ0n) is 10.3. The van der Waals surface area contributed by atoms with Crippen LogP contribution in [0.4, 0.5) is 11.4 Å². The van der Waals surface area contributed by atoms with Crippen LogP contribution in [0.1, 0.15) is 0 Å². The van der Waals surface area contributed by atoms with Crippen molar-refractivity contribution in [2.24, 2.45) is 0 Å². The molecule has 2 N–H and O–H groups in total. The maximum atomic E-state index is 11.8. The molecule has 0 saturated heterocycles. The lowest BCUT2D eigenvalue weighted by atomic mass is 10.3. The van der Waals surface area contributed by atoms with Crippen molar-refractivity contribution in [3.05, 3.63) is 57.5 Å². The van der Waals surface area contributed by atoms with Gasteiger partial charge in [0.2, 0.25) is 5.91 Å². The summed E-state index contributed by atoms with van der Waals surface area (Å²) in [4.78, 5) is 11.8. The Morgan fingerprint density at radius 1 is 1.00 bits per heavy atom. The molecule has 0 aliphatic rings. The molecule has 0 bridgehead atoms. The number of carbonyl (C=O) groups is 1. The van der Waals surface area contributed by atoms with Gasteiger partial charge >= 0.3 is 0 Å². The topological polar surface area (TPSA) is 41.1 Å². The molecule has 0 aliphatic heterocycles. The predicted octanol–water partition coefficient (Wildman–Crippen LogP) is 4.70. The summed E-state index contributed by atoms with van der Waals surface area (Å²) in [7, 11) is 0. The van der Waals surface area contributed by atoms with Gasteiger partial charge in [-0.05, 0) is 36.4 Å². The summed E-state index contributed by atoms with van der Waals surface area (Å²) >= 11 is 17.7. The zero-order chi connectivity index (χ0) is 14.5. The van der Waals surface area contributed by atoms with Crippen molar-refractivity contribution in [3.8, 4) is 0 Å². The normalized spacial score (nSPS) is 10.2. The van der Waals surface area contributed by atoms with Crippen LogP contribution < -0.4 is 10.6 Å². The number of benzene rings is 2. The van der Waals surface area contributed by atoms with Crippen molar-refractivity contribution >= 4 is 52.1 Å². The van der Waals surface area contributed by atoms with Gasteiger partial charge in [-0.15, -0.1) is 0 Å². The molecule has 0 heterocycles. The molecule has 0 aromatic heterocycles. The average Bonchev–Trinajstić information content (AvgIpc) is 2.41. The Hall–Kier alpha value is -1.42. The first-order chi connectivity index (χ1) is 9.54. The van der Waals surface area contributed by atoms with Gasteiger partial charge in [0.25, 0.3) is 0 Å². The van der Waals surface area contributed by atoms with E-state index in [4.69, 9.17) is 34.8 Å². The first-order valence-electron chi connectivity index (χ1n) is 5.79. The van der Waals surface area contributed by atoms with Crippen LogP contribution in [0.2, 0.25) is 15.1 Å². The van der Waals surface area contributed by atoms with E-state index in [0.29, 0.717) is 20.8 Å². The van der Waals surface area contributed by atoms with Gasteiger partial charge in [0.05, 0.1) is 17.3 Å². The Kier molecular flexibility index (Phi) is 5.12. The van der Waals surface area contributed by atoms with Crippen LogP contribution in [0.25, 0.3) is 0 Å². The van der Waals surface area contributed by atoms with Crippen LogP contribution >= 0.6 is 34.8 Å². The molecule has 0 spiro atoms. The number of amides is 1. The fourth-order valence-electron chi connectivity index (χ4n) is 1.57. The van der Waals surface area contributed by atoms with E-state index in [1.54, 1.807) is 36.4 Å². The van der Waals surface area contributed by atoms with E-state index in [2.05, 4.69) is 10.6 Å². The number of nitrogens with one attached hydrogen (secondary N) is 2. The summed E-state index contributed by atoms with van der Waals surface area (Å²) < 4.78 is 0. The third kappa shape index (κ3) is 4.30. The van der Waals surface area contributed by atoms with Crippen LogP contribution in [-0.4, -0.2) is 12.5 Å². The molecule has 0 unspecified atom stereocenters.